The zero-order valence-electron chi connectivity index (χ0n) is 10.0. The van der Waals surface area contributed by atoms with Crippen LogP contribution in [-0.4, -0.2) is 58.4 Å². The molecule has 2 unspecified atom stereocenters. The van der Waals surface area contributed by atoms with Gasteiger partial charge in [-0.15, -0.1) is 0 Å². The molecule has 5 nitrogen and oxygen atoms in total. The maximum absolute atomic E-state index is 9.66. The van der Waals surface area contributed by atoms with Crippen LogP contribution in [-0.2, 0) is 9.47 Å². The molecule has 102 valence electrons. The number of hydrogen-bond donors (Lipinski definition) is 4. The summed E-state index contributed by atoms with van der Waals surface area (Å²) in [5.74, 6) is 0.852. The van der Waals surface area contributed by atoms with E-state index in [1.807, 2.05) is 0 Å². The van der Waals surface area contributed by atoms with Crippen molar-refractivity contribution >= 4 is 12.6 Å². The summed E-state index contributed by atoms with van der Waals surface area (Å²) in [6.07, 6.45) is -2.01. The average molecular weight is 266 g/mol. The molecule has 0 aromatic rings. The minimum atomic E-state index is -1.22. The maximum atomic E-state index is 9.66. The van der Waals surface area contributed by atoms with Gasteiger partial charge in [0, 0.05) is 6.61 Å². The van der Waals surface area contributed by atoms with Crippen molar-refractivity contribution in [2.45, 2.75) is 56.9 Å². The first-order valence-corrected chi connectivity index (χ1v) is 6.63. The normalized spacial score (nSPS) is 38.3. The van der Waals surface area contributed by atoms with Gasteiger partial charge in [0.1, 0.15) is 18.3 Å². The van der Waals surface area contributed by atoms with E-state index >= 15 is 0 Å². The fraction of sp³-hybridized carbons (Fsp3) is 1.00. The number of thiol groups is 1. The Labute approximate surface area is 107 Å². The second-order valence-corrected chi connectivity index (χ2v) is 4.78. The Balaban J connectivity index is 2.28. The van der Waals surface area contributed by atoms with E-state index in [1.54, 1.807) is 6.92 Å². The van der Waals surface area contributed by atoms with Gasteiger partial charge in [0.15, 0.2) is 6.29 Å². The third-order valence-corrected chi connectivity index (χ3v) is 3.21. The first-order valence-electron chi connectivity index (χ1n) is 6.00. The van der Waals surface area contributed by atoms with Gasteiger partial charge >= 0.3 is 0 Å². The lowest BCUT2D eigenvalue weighted by molar-refractivity contribution is -0.293. The van der Waals surface area contributed by atoms with Crippen molar-refractivity contribution in [2.75, 3.05) is 12.4 Å². The number of hydrogen-bond acceptors (Lipinski definition) is 6. The smallest absolute Gasteiger partial charge is 0.186 e. The Hall–Kier alpha value is 0.150. The van der Waals surface area contributed by atoms with Gasteiger partial charge < -0.3 is 24.8 Å². The molecule has 0 aromatic carbocycles. The summed E-state index contributed by atoms with van der Waals surface area (Å²) >= 11 is 4.11. The first kappa shape index (κ1) is 15.2. The van der Waals surface area contributed by atoms with Crippen molar-refractivity contribution < 1.29 is 24.8 Å². The van der Waals surface area contributed by atoms with Gasteiger partial charge in [0.25, 0.3) is 0 Å². The molecule has 1 fully saturated rings. The van der Waals surface area contributed by atoms with Gasteiger partial charge in [0.2, 0.25) is 0 Å². The second kappa shape index (κ2) is 7.56. The highest BCUT2D eigenvalue weighted by Crippen LogP contribution is 2.21. The summed E-state index contributed by atoms with van der Waals surface area (Å²) in [4.78, 5) is 0. The monoisotopic (exact) mass is 266 g/mol. The molecular weight excluding hydrogens is 244 g/mol. The van der Waals surface area contributed by atoms with Gasteiger partial charge in [0.05, 0.1) is 6.10 Å². The van der Waals surface area contributed by atoms with Crippen molar-refractivity contribution in [1.82, 2.24) is 0 Å². The molecule has 0 bridgehead atoms. The lowest BCUT2D eigenvalue weighted by Gasteiger charge is -2.38. The Morgan fingerprint density at radius 1 is 1.06 bits per heavy atom. The maximum Gasteiger partial charge on any atom is 0.186 e. The van der Waals surface area contributed by atoms with Crippen LogP contribution in [0.1, 0.15) is 26.2 Å². The van der Waals surface area contributed by atoms with Crippen molar-refractivity contribution in [1.29, 1.82) is 0 Å². The molecule has 1 aliphatic heterocycles. The van der Waals surface area contributed by atoms with Crippen LogP contribution in [0.15, 0.2) is 0 Å². The van der Waals surface area contributed by atoms with Crippen LogP contribution in [0, 0.1) is 0 Å². The second-order valence-electron chi connectivity index (χ2n) is 4.34. The zero-order valence-corrected chi connectivity index (χ0v) is 10.9. The molecule has 1 heterocycles. The van der Waals surface area contributed by atoms with Crippen LogP contribution in [0.4, 0.5) is 0 Å². The molecule has 0 aromatic heterocycles. The third-order valence-electron chi connectivity index (χ3n) is 2.89. The predicted octanol–water partition coefficient (Wildman–Crippen LogP) is -0.0694. The first-order chi connectivity index (χ1) is 8.07. The number of unbranched alkanes of at least 4 members (excludes halogenated alkanes) is 2. The minimum Gasteiger partial charge on any atom is -0.388 e. The fourth-order valence-corrected chi connectivity index (χ4v) is 1.96. The third kappa shape index (κ3) is 4.39. The summed E-state index contributed by atoms with van der Waals surface area (Å²) in [7, 11) is 0. The standard InChI is InChI=1S/C11H22O5S/c1-7-8(12)9(13)10(14)11(16-7)15-5-3-2-4-6-17/h7-14,17H,2-6H2,1H3/t7?,8-,9+,10?,11-/m1/s1. The molecule has 6 heteroatoms. The van der Waals surface area contributed by atoms with E-state index in [4.69, 9.17) is 9.47 Å². The predicted molar refractivity (Wildman–Crippen MR) is 66.0 cm³/mol. The number of rotatable bonds is 6. The van der Waals surface area contributed by atoms with Gasteiger partial charge in [-0.05, 0) is 25.5 Å². The van der Waals surface area contributed by atoms with E-state index in [1.165, 1.54) is 0 Å². The molecule has 1 saturated heterocycles. The van der Waals surface area contributed by atoms with Gasteiger partial charge in [-0.3, -0.25) is 0 Å². The quantitative estimate of drug-likeness (QED) is 0.400. The van der Waals surface area contributed by atoms with Gasteiger partial charge in [-0.25, -0.2) is 0 Å². The highest BCUT2D eigenvalue weighted by atomic mass is 32.1. The van der Waals surface area contributed by atoms with Gasteiger partial charge in [-0.2, -0.15) is 12.6 Å². The molecule has 0 aliphatic carbocycles. The molecule has 0 saturated carbocycles. The van der Waals surface area contributed by atoms with Crippen LogP contribution in [0.3, 0.4) is 0 Å². The molecule has 0 radical (unpaired) electrons. The van der Waals surface area contributed by atoms with Crippen molar-refractivity contribution in [3.63, 3.8) is 0 Å². The molecular formula is C11H22O5S. The van der Waals surface area contributed by atoms with E-state index < -0.39 is 30.7 Å². The molecule has 3 N–H and O–H groups in total. The van der Waals surface area contributed by atoms with Crippen LogP contribution in [0.5, 0.6) is 0 Å². The number of ether oxygens (including phenoxy) is 2. The van der Waals surface area contributed by atoms with E-state index in [9.17, 15) is 15.3 Å². The van der Waals surface area contributed by atoms with Crippen molar-refractivity contribution in [3.8, 4) is 0 Å². The summed E-state index contributed by atoms with van der Waals surface area (Å²) in [6.45, 7) is 2.10. The lowest BCUT2D eigenvalue weighted by atomic mass is 10.0. The Kier molecular flexibility index (Phi) is 6.76. The largest absolute Gasteiger partial charge is 0.388 e. The van der Waals surface area contributed by atoms with Crippen molar-refractivity contribution in [3.05, 3.63) is 0 Å². The molecule has 5 atom stereocenters. The average Bonchev–Trinajstić information content (AvgIpc) is 2.32. The highest BCUT2D eigenvalue weighted by Gasteiger charge is 2.42. The van der Waals surface area contributed by atoms with Crippen LogP contribution in [0.25, 0.3) is 0 Å². The molecule has 1 aliphatic rings. The SMILES string of the molecule is CC1O[C@@H](OCCCCCS)C(O)[C@@H](O)[C@@H]1O. The topological polar surface area (TPSA) is 79.2 Å². The summed E-state index contributed by atoms with van der Waals surface area (Å²) < 4.78 is 10.7. The van der Waals surface area contributed by atoms with Crippen LogP contribution < -0.4 is 0 Å². The Morgan fingerprint density at radius 2 is 1.76 bits per heavy atom. The highest BCUT2D eigenvalue weighted by molar-refractivity contribution is 7.80. The summed E-state index contributed by atoms with van der Waals surface area (Å²) in [5.41, 5.74) is 0. The molecule has 17 heavy (non-hydrogen) atoms. The fourth-order valence-electron chi connectivity index (χ4n) is 1.74. The number of aliphatic hydroxyl groups is 3. The van der Waals surface area contributed by atoms with E-state index in [0.717, 1.165) is 25.0 Å². The number of aliphatic hydroxyl groups excluding tert-OH is 3. The van der Waals surface area contributed by atoms with Crippen LogP contribution in [0.2, 0.25) is 0 Å². The minimum absolute atomic E-state index is 0.463. The summed E-state index contributed by atoms with van der Waals surface area (Å²) in [5, 5.41) is 28.7. The van der Waals surface area contributed by atoms with E-state index in [-0.39, 0.29) is 0 Å². The molecule has 1 rings (SSSR count). The Bertz CT molecular complexity index is 216. The van der Waals surface area contributed by atoms with E-state index in [0.29, 0.717) is 6.61 Å². The summed E-state index contributed by atoms with van der Waals surface area (Å²) in [6, 6.07) is 0. The molecule has 0 amide bonds. The van der Waals surface area contributed by atoms with Gasteiger partial charge in [-0.1, -0.05) is 6.42 Å². The van der Waals surface area contributed by atoms with E-state index in [2.05, 4.69) is 12.6 Å². The van der Waals surface area contributed by atoms with Crippen molar-refractivity contribution in [2.24, 2.45) is 0 Å². The zero-order chi connectivity index (χ0) is 12.8. The molecule has 0 spiro atoms. The lowest BCUT2D eigenvalue weighted by Crippen LogP contribution is -2.57. The van der Waals surface area contributed by atoms with Crippen LogP contribution >= 0.6 is 12.6 Å². The Morgan fingerprint density at radius 3 is 2.41 bits per heavy atom.